The topological polar surface area (TPSA) is 26.3 Å². The van der Waals surface area contributed by atoms with Crippen molar-refractivity contribution in [2.45, 2.75) is 244 Å². The molecule has 0 aliphatic rings. The third-order valence-electron chi connectivity index (χ3n) is 11.8. The number of unbranched alkanes of at least 4 members (excludes halogenated alkanes) is 27. The van der Waals surface area contributed by atoms with Crippen molar-refractivity contribution in [1.29, 1.82) is 0 Å². The molecule has 0 heterocycles. The molecule has 1 aromatic carbocycles. The van der Waals surface area contributed by atoms with E-state index < -0.39 is 5.41 Å². The van der Waals surface area contributed by atoms with Crippen molar-refractivity contribution < 1.29 is 9.53 Å². The van der Waals surface area contributed by atoms with Crippen LogP contribution in [0.1, 0.15) is 238 Å². The second-order valence-electron chi connectivity index (χ2n) is 16.2. The van der Waals surface area contributed by atoms with Crippen LogP contribution in [0.4, 0.5) is 0 Å². The largest absolute Gasteiger partial charge is 0.469 e. The van der Waals surface area contributed by atoms with Gasteiger partial charge in [-0.2, -0.15) is 0 Å². The number of hydrogen-bond donors (Lipinski definition) is 0. The van der Waals surface area contributed by atoms with Gasteiger partial charge in [-0.3, -0.25) is 4.79 Å². The predicted molar refractivity (Wildman–Crippen MR) is 237 cm³/mol. The molecule has 0 fully saturated rings. The number of rotatable bonds is 37. The highest BCUT2D eigenvalue weighted by atomic mass is 79.9. The number of carbonyl (C=O) groups excluding carboxylic acids is 1. The molecule has 4 heteroatoms. The number of ether oxygens (including phenoxy) is 1. The Balaban J connectivity index is 0.0000250. The Labute approximate surface area is 333 Å². The molecule has 51 heavy (non-hydrogen) atoms. The van der Waals surface area contributed by atoms with E-state index in [0.29, 0.717) is 0 Å². The summed E-state index contributed by atoms with van der Waals surface area (Å²) >= 11 is 0. The monoisotopic (exact) mass is 795 g/mol. The Morgan fingerprint density at radius 3 is 1.10 bits per heavy atom. The van der Waals surface area contributed by atoms with Crippen molar-refractivity contribution in [3.63, 3.8) is 0 Å². The van der Waals surface area contributed by atoms with Crippen LogP contribution in [0.3, 0.4) is 0 Å². The quantitative estimate of drug-likeness (QED) is 0.0381. The summed E-state index contributed by atoms with van der Waals surface area (Å²) in [5.74, 6) is 0.0577. The number of carbonyl (C=O) groups is 1. The van der Waals surface area contributed by atoms with E-state index in [9.17, 15) is 4.79 Å². The van der Waals surface area contributed by atoms with Crippen molar-refractivity contribution in [2.24, 2.45) is 5.41 Å². The van der Waals surface area contributed by atoms with E-state index in [0.717, 1.165) is 38.5 Å². The van der Waals surface area contributed by atoms with E-state index in [1.807, 2.05) is 0 Å². The van der Waals surface area contributed by atoms with Gasteiger partial charge in [-0.25, -0.2) is 0 Å². The Kier molecular flexibility index (Phi) is 35.0. The lowest BCUT2D eigenvalue weighted by molar-refractivity contribution is -0.157. The highest BCUT2D eigenvalue weighted by molar-refractivity contribution is 8.93. The first-order chi connectivity index (χ1) is 24.5. The minimum atomic E-state index is -0.457. The van der Waals surface area contributed by atoms with Crippen molar-refractivity contribution in [3.05, 3.63) is 35.9 Å². The van der Waals surface area contributed by atoms with Gasteiger partial charge in [0, 0.05) is 5.16 Å². The molecule has 0 aliphatic carbocycles. The van der Waals surface area contributed by atoms with Crippen LogP contribution in [0.15, 0.2) is 30.3 Å². The molecule has 1 rings (SSSR count). The fraction of sp³-hybridized carbons (Fsp3) is 0.851. The maximum atomic E-state index is 14.3. The highest BCUT2D eigenvalue weighted by Crippen LogP contribution is 2.53. The Morgan fingerprint density at radius 1 is 0.490 bits per heavy atom. The molecule has 0 saturated carbocycles. The Morgan fingerprint density at radius 2 is 0.784 bits per heavy atom. The number of methoxy groups -OCH3 is 1. The molecule has 1 aromatic rings. The number of benzene rings is 1. The Bertz CT molecular complexity index is 852. The summed E-state index contributed by atoms with van der Waals surface area (Å²) in [7, 11) is 5.01. The summed E-state index contributed by atoms with van der Waals surface area (Å²) in [5.41, 5.74) is 0.899. The van der Waals surface area contributed by atoms with Crippen LogP contribution in [-0.4, -0.2) is 18.2 Å². The predicted octanol–water partition coefficient (Wildman–Crippen LogP) is 16.5. The van der Waals surface area contributed by atoms with Gasteiger partial charge in [0.15, 0.2) is 0 Å². The second-order valence-corrected chi connectivity index (χ2v) is 17.3. The van der Waals surface area contributed by atoms with Crippen LogP contribution >= 0.6 is 26.2 Å². The van der Waals surface area contributed by atoms with Crippen LogP contribution < -0.4 is 0 Å². The zero-order chi connectivity index (χ0) is 36.4. The summed E-state index contributed by atoms with van der Waals surface area (Å²) in [4.78, 5) is 14.3. The van der Waals surface area contributed by atoms with Gasteiger partial charge in [0.1, 0.15) is 0 Å². The molecule has 0 N–H and O–H groups in total. The summed E-state index contributed by atoms with van der Waals surface area (Å²) in [6.45, 7) is 6.89. The van der Waals surface area contributed by atoms with Gasteiger partial charge in [-0.1, -0.05) is 244 Å². The average Bonchev–Trinajstić information content (AvgIpc) is 3.13. The smallest absolute Gasteiger partial charge is 0.312 e. The molecule has 0 bridgehead atoms. The van der Waals surface area contributed by atoms with Crippen LogP contribution in [0.25, 0.3) is 0 Å². The Hall–Kier alpha value is -0.400. The van der Waals surface area contributed by atoms with Gasteiger partial charge in [-0.15, -0.1) is 26.2 Å². The van der Waals surface area contributed by atoms with Gasteiger partial charge in [0.25, 0.3) is 0 Å². The third kappa shape index (κ3) is 23.9. The summed E-state index contributed by atoms with van der Waals surface area (Å²) in [5, 5.41) is -0.194. The molecule has 0 amide bonds. The van der Waals surface area contributed by atoms with E-state index in [1.165, 1.54) is 185 Å². The summed E-state index contributed by atoms with van der Waals surface area (Å²) in [6.07, 6.45) is 43.8. The minimum absolute atomic E-state index is 0. The van der Waals surface area contributed by atoms with Gasteiger partial charge < -0.3 is 4.74 Å². The number of halogens is 1. The van der Waals surface area contributed by atoms with Crippen molar-refractivity contribution in [2.75, 3.05) is 7.11 Å². The summed E-state index contributed by atoms with van der Waals surface area (Å²) in [6, 6.07) is 11.0. The standard InChI is InChI=1S/C47H87O2P.BrH/c1-5-8-11-14-17-20-23-26-29-35-40-46(45(48)49-4,41-36-30-27-24-21-18-15-12-9-6-2)47(50,43-44-38-33-32-34-39-44)42-37-31-28-25-22-19-16-13-10-7-3;/h32-34,38-39H,5-31,35-37,40-43,50H2,1-4H3;1H. The van der Waals surface area contributed by atoms with Gasteiger partial charge in [-0.05, 0) is 31.2 Å². The molecular formula is C47H88BrO2P. The highest BCUT2D eigenvalue weighted by Gasteiger charge is 2.53. The van der Waals surface area contributed by atoms with E-state index in [2.05, 4.69) is 60.3 Å². The molecule has 0 saturated heterocycles. The van der Waals surface area contributed by atoms with Gasteiger partial charge >= 0.3 is 5.97 Å². The molecule has 2 nitrogen and oxygen atoms in total. The molecule has 2 unspecified atom stereocenters. The third-order valence-corrected chi connectivity index (χ3v) is 12.8. The van der Waals surface area contributed by atoms with Crippen molar-refractivity contribution >= 4 is 32.2 Å². The first-order valence-electron chi connectivity index (χ1n) is 22.4. The molecule has 0 spiro atoms. The van der Waals surface area contributed by atoms with E-state index in [-0.39, 0.29) is 28.1 Å². The van der Waals surface area contributed by atoms with Crippen LogP contribution in [0.2, 0.25) is 0 Å². The zero-order valence-corrected chi connectivity index (χ0v) is 37.6. The van der Waals surface area contributed by atoms with E-state index >= 15 is 0 Å². The van der Waals surface area contributed by atoms with Crippen LogP contribution in [-0.2, 0) is 16.0 Å². The summed E-state index contributed by atoms with van der Waals surface area (Å²) < 4.78 is 5.83. The molecule has 0 aromatic heterocycles. The molecular weight excluding hydrogens is 707 g/mol. The molecule has 0 aliphatic heterocycles. The number of esters is 1. The van der Waals surface area contributed by atoms with E-state index in [4.69, 9.17) is 4.74 Å². The maximum absolute atomic E-state index is 14.3. The fourth-order valence-corrected chi connectivity index (χ4v) is 9.29. The van der Waals surface area contributed by atoms with Crippen LogP contribution in [0.5, 0.6) is 0 Å². The second kappa shape index (κ2) is 35.3. The SMILES string of the molecule is Br.CCCCCCCCCCCCC(P)(Cc1ccccc1)C(CCCCCCCCCCCC)(CCCCCCCCCCCC)C(=O)OC. The zero-order valence-electron chi connectivity index (χ0n) is 34.7. The first kappa shape index (κ1) is 50.6. The van der Waals surface area contributed by atoms with Gasteiger partial charge in [0.05, 0.1) is 12.5 Å². The van der Waals surface area contributed by atoms with Crippen molar-refractivity contribution in [1.82, 2.24) is 0 Å². The lowest BCUT2D eigenvalue weighted by Crippen LogP contribution is -2.51. The first-order valence-corrected chi connectivity index (χ1v) is 23.0. The van der Waals surface area contributed by atoms with E-state index in [1.54, 1.807) is 7.11 Å². The van der Waals surface area contributed by atoms with Crippen molar-refractivity contribution in [3.8, 4) is 0 Å². The normalized spacial score (nSPS) is 12.8. The van der Waals surface area contributed by atoms with Gasteiger partial charge in [0.2, 0.25) is 0 Å². The number of hydrogen-bond acceptors (Lipinski definition) is 2. The maximum Gasteiger partial charge on any atom is 0.312 e. The minimum Gasteiger partial charge on any atom is -0.469 e. The molecule has 2 atom stereocenters. The fourth-order valence-electron chi connectivity index (χ4n) is 8.44. The lowest BCUT2D eigenvalue weighted by Gasteiger charge is -2.48. The molecule has 300 valence electrons. The molecule has 0 radical (unpaired) electrons. The lowest BCUT2D eigenvalue weighted by atomic mass is 9.64. The van der Waals surface area contributed by atoms with Crippen LogP contribution in [0, 0.1) is 5.41 Å². The average molecular weight is 796 g/mol.